The Hall–Kier alpha value is -1.11. The van der Waals surface area contributed by atoms with Gasteiger partial charge in [0, 0.05) is 19.6 Å². The van der Waals surface area contributed by atoms with Gasteiger partial charge in [0.25, 0.3) is 0 Å². The van der Waals surface area contributed by atoms with Crippen molar-refractivity contribution in [2.24, 2.45) is 5.73 Å². The average Bonchev–Trinajstić information content (AvgIpc) is 2.36. The van der Waals surface area contributed by atoms with Crippen LogP contribution in [0.25, 0.3) is 0 Å². The van der Waals surface area contributed by atoms with Crippen LogP contribution in [0, 0.1) is 0 Å². The van der Waals surface area contributed by atoms with E-state index in [1.807, 2.05) is 17.0 Å². The Kier molecular flexibility index (Phi) is 4.36. The van der Waals surface area contributed by atoms with Crippen LogP contribution in [0.15, 0.2) is 29.2 Å². The Morgan fingerprint density at radius 1 is 1.30 bits per heavy atom. The molecule has 2 rings (SSSR count). The average molecular weight is 297 g/mol. The third kappa shape index (κ3) is 2.97. The first-order valence-electron chi connectivity index (χ1n) is 7.04. The van der Waals surface area contributed by atoms with Crippen LogP contribution in [-0.4, -0.2) is 33.6 Å². The summed E-state index contributed by atoms with van der Waals surface area (Å²) in [6.45, 7) is 5.68. The second-order valence-corrected chi connectivity index (χ2v) is 7.17. The molecule has 6 heteroatoms. The van der Waals surface area contributed by atoms with E-state index >= 15 is 0 Å². The quantitative estimate of drug-likeness (QED) is 0.830. The molecule has 0 unspecified atom stereocenters. The van der Waals surface area contributed by atoms with Crippen molar-refractivity contribution in [2.45, 2.75) is 37.1 Å². The molecular weight excluding hydrogens is 274 g/mol. The van der Waals surface area contributed by atoms with Crippen LogP contribution in [0.5, 0.6) is 0 Å². The Bertz CT molecular complexity index is 566. The molecular formula is C14H23N3O2S. The lowest BCUT2D eigenvalue weighted by atomic mass is 9.86. The van der Waals surface area contributed by atoms with Crippen molar-refractivity contribution in [1.82, 2.24) is 4.72 Å². The van der Waals surface area contributed by atoms with Crippen LogP contribution in [0.2, 0.25) is 0 Å². The van der Waals surface area contributed by atoms with E-state index in [4.69, 9.17) is 5.73 Å². The zero-order valence-corrected chi connectivity index (χ0v) is 12.9. The van der Waals surface area contributed by atoms with Crippen molar-refractivity contribution in [3.63, 3.8) is 0 Å². The maximum atomic E-state index is 12.2. The summed E-state index contributed by atoms with van der Waals surface area (Å²) >= 11 is 0. The summed E-state index contributed by atoms with van der Waals surface area (Å²) in [6, 6.07) is 7.09. The molecule has 1 heterocycles. The molecule has 0 amide bonds. The molecule has 1 aromatic carbocycles. The lowest BCUT2D eigenvalue weighted by molar-refractivity contribution is 0.306. The minimum absolute atomic E-state index is 0.177. The number of sulfonamides is 1. The molecule has 1 aliphatic heterocycles. The Labute approximate surface area is 121 Å². The van der Waals surface area contributed by atoms with Gasteiger partial charge in [-0.1, -0.05) is 32.4 Å². The summed E-state index contributed by atoms with van der Waals surface area (Å²) in [5.74, 6) is 0. The first-order valence-corrected chi connectivity index (χ1v) is 8.53. The van der Waals surface area contributed by atoms with E-state index in [0.717, 1.165) is 18.5 Å². The number of nitrogens with zero attached hydrogens (tertiary/aromatic N) is 1. The maximum absolute atomic E-state index is 12.2. The number of para-hydroxylation sites is 1. The first kappa shape index (κ1) is 15.3. The van der Waals surface area contributed by atoms with Gasteiger partial charge in [-0.05, 0) is 18.6 Å². The number of hydrogen-bond acceptors (Lipinski definition) is 4. The SMILES string of the molecule is CCCC1(N)CN(c2ccccc2S(=O)(=O)NCC)C1. The van der Waals surface area contributed by atoms with Crippen LogP contribution in [0.3, 0.4) is 0 Å². The number of nitrogens with two attached hydrogens (primary N) is 1. The molecule has 112 valence electrons. The second kappa shape index (κ2) is 5.71. The number of anilines is 1. The standard InChI is InChI=1S/C14H23N3O2S/c1-3-9-14(15)10-17(11-14)12-7-5-6-8-13(12)20(18,19)16-4-2/h5-8,16H,3-4,9-11,15H2,1-2H3. The molecule has 0 spiro atoms. The van der Waals surface area contributed by atoms with Crippen molar-refractivity contribution in [2.75, 3.05) is 24.5 Å². The molecule has 0 atom stereocenters. The molecule has 0 aliphatic carbocycles. The highest BCUT2D eigenvalue weighted by molar-refractivity contribution is 7.89. The van der Waals surface area contributed by atoms with Gasteiger partial charge in [0.2, 0.25) is 10.0 Å². The van der Waals surface area contributed by atoms with E-state index in [1.54, 1.807) is 19.1 Å². The fourth-order valence-corrected chi connectivity index (χ4v) is 4.02. The van der Waals surface area contributed by atoms with Gasteiger partial charge in [-0.15, -0.1) is 0 Å². The molecule has 1 aliphatic rings. The van der Waals surface area contributed by atoms with Crippen LogP contribution < -0.4 is 15.4 Å². The lowest BCUT2D eigenvalue weighted by Gasteiger charge is -2.49. The predicted octanol–water partition coefficient (Wildman–Crippen LogP) is 1.30. The summed E-state index contributed by atoms with van der Waals surface area (Å²) in [7, 11) is -3.44. The van der Waals surface area contributed by atoms with E-state index in [2.05, 4.69) is 11.6 Å². The smallest absolute Gasteiger partial charge is 0.242 e. The van der Waals surface area contributed by atoms with Crippen LogP contribution in [-0.2, 0) is 10.0 Å². The van der Waals surface area contributed by atoms with Crippen LogP contribution in [0.4, 0.5) is 5.69 Å². The van der Waals surface area contributed by atoms with Crippen molar-refractivity contribution >= 4 is 15.7 Å². The number of benzene rings is 1. The van der Waals surface area contributed by atoms with Gasteiger partial charge in [-0.3, -0.25) is 0 Å². The summed E-state index contributed by atoms with van der Waals surface area (Å²) in [6.07, 6.45) is 2.01. The fourth-order valence-electron chi connectivity index (χ4n) is 2.75. The zero-order valence-electron chi connectivity index (χ0n) is 12.1. The molecule has 3 N–H and O–H groups in total. The summed E-state index contributed by atoms with van der Waals surface area (Å²) in [5.41, 5.74) is 6.82. The second-order valence-electron chi connectivity index (χ2n) is 5.44. The van der Waals surface area contributed by atoms with E-state index in [1.165, 1.54) is 0 Å². The van der Waals surface area contributed by atoms with Gasteiger partial charge >= 0.3 is 0 Å². The van der Waals surface area contributed by atoms with Gasteiger partial charge < -0.3 is 10.6 Å². The number of hydrogen-bond donors (Lipinski definition) is 2. The van der Waals surface area contributed by atoms with Gasteiger partial charge in [-0.25, -0.2) is 13.1 Å². The van der Waals surface area contributed by atoms with E-state index in [9.17, 15) is 8.42 Å². The minimum Gasteiger partial charge on any atom is -0.367 e. The van der Waals surface area contributed by atoms with Gasteiger partial charge in [-0.2, -0.15) is 0 Å². The van der Waals surface area contributed by atoms with Gasteiger partial charge in [0.15, 0.2) is 0 Å². The molecule has 1 fully saturated rings. The normalized spacial score (nSPS) is 17.9. The van der Waals surface area contributed by atoms with Crippen molar-refractivity contribution in [1.29, 1.82) is 0 Å². The molecule has 1 saturated heterocycles. The Morgan fingerprint density at radius 2 is 1.95 bits per heavy atom. The summed E-state index contributed by atoms with van der Waals surface area (Å²) < 4.78 is 27.0. The number of nitrogens with one attached hydrogen (secondary N) is 1. The van der Waals surface area contributed by atoms with Crippen LogP contribution >= 0.6 is 0 Å². The highest BCUT2D eigenvalue weighted by Crippen LogP contribution is 2.33. The molecule has 20 heavy (non-hydrogen) atoms. The van der Waals surface area contributed by atoms with Crippen LogP contribution in [0.1, 0.15) is 26.7 Å². The van der Waals surface area contributed by atoms with E-state index in [0.29, 0.717) is 24.5 Å². The highest BCUT2D eigenvalue weighted by Gasteiger charge is 2.40. The first-order chi connectivity index (χ1) is 9.42. The molecule has 0 saturated carbocycles. The predicted molar refractivity (Wildman–Crippen MR) is 81.3 cm³/mol. The number of rotatable bonds is 6. The maximum Gasteiger partial charge on any atom is 0.242 e. The molecule has 0 aromatic heterocycles. The van der Waals surface area contributed by atoms with E-state index < -0.39 is 10.0 Å². The zero-order chi connectivity index (χ0) is 14.8. The molecule has 1 aromatic rings. The summed E-state index contributed by atoms with van der Waals surface area (Å²) in [4.78, 5) is 2.38. The highest BCUT2D eigenvalue weighted by atomic mass is 32.2. The summed E-state index contributed by atoms with van der Waals surface area (Å²) in [5, 5.41) is 0. The molecule has 0 radical (unpaired) electrons. The Morgan fingerprint density at radius 3 is 2.55 bits per heavy atom. The van der Waals surface area contributed by atoms with Crippen molar-refractivity contribution in [3.05, 3.63) is 24.3 Å². The van der Waals surface area contributed by atoms with Crippen molar-refractivity contribution in [3.8, 4) is 0 Å². The molecule has 5 nitrogen and oxygen atoms in total. The van der Waals surface area contributed by atoms with Crippen molar-refractivity contribution < 1.29 is 8.42 Å². The third-order valence-corrected chi connectivity index (χ3v) is 5.18. The third-order valence-electron chi connectivity index (χ3n) is 3.59. The van der Waals surface area contributed by atoms with Gasteiger partial charge in [0.05, 0.1) is 11.2 Å². The van der Waals surface area contributed by atoms with E-state index in [-0.39, 0.29) is 5.54 Å². The lowest BCUT2D eigenvalue weighted by Crippen LogP contribution is -2.67. The van der Waals surface area contributed by atoms with Gasteiger partial charge in [0.1, 0.15) is 4.90 Å². The fraction of sp³-hybridized carbons (Fsp3) is 0.571. The minimum atomic E-state index is -3.44. The molecule has 0 bridgehead atoms. The topological polar surface area (TPSA) is 75.4 Å². The Balaban J connectivity index is 2.23. The largest absolute Gasteiger partial charge is 0.367 e. The monoisotopic (exact) mass is 297 g/mol.